The first-order valence-electron chi connectivity index (χ1n) is 6.97. The molecule has 124 valence electrons. The number of nitrogens with one attached hydrogen (secondary N) is 2. The molecule has 11 heteroatoms. The number of non-ortho nitro benzene ring substituents is 2. The molecule has 0 radical (unpaired) electrons. The molecule has 0 spiro atoms. The van der Waals surface area contributed by atoms with Crippen LogP contribution in [0.5, 0.6) is 11.8 Å². The van der Waals surface area contributed by atoms with Gasteiger partial charge in [0.05, 0.1) is 20.9 Å². The van der Waals surface area contributed by atoms with E-state index in [-0.39, 0.29) is 33.9 Å². The van der Waals surface area contributed by atoms with Gasteiger partial charge in [-0.05, 0) is 12.1 Å². The van der Waals surface area contributed by atoms with Gasteiger partial charge in [-0.15, -0.1) is 10.2 Å². The van der Waals surface area contributed by atoms with Gasteiger partial charge in [0.25, 0.3) is 23.1 Å². The summed E-state index contributed by atoms with van der Waals surface area (Å²) >= 11 is 0. The van der Waals surface area contributed by atoms with Gasteiger partial charge in [-0.1, -0.05) is 12.1 Å². The molecule has 2 aromatic heterocycles. The lowest BCUT2D eigenvalue weighted by molar-refractivity contribution is -0.383. The Balaban J connectivity index is 1.90. The number of nitro benzene ring substituents is 2. The van der Waals surface area contributed by atoms with Gasteiger partial charge < -0.3 is 4.74 Å². The van der Waals surface area contributed by atoms with Gasteiger partial charge in [-0.3, -0.25) is 30.4 Å². The number of rotatable bonds is 4. The fourth-order valence-electron chi connectivity index (χ4n) is 2.59. The summed E-state index contributed by atoms with van der Waals surface area (Å²) in [5, 5.41) is 35.8. The Bertz CT molecular complexity index is 1060. The van der Waals surface area contributed by atoms with Crippen LogP contribution in [0.1, 0.15) is 0 Å². The Kier molecular flexibility index (Phi) is 3.07. The lowest BCUT2D eigenvalue weighted by Gasteiger charge is -2.00. The smallest absolute Gasteiger partial charge is 0.284 e. The minimum atomic E-state index is -0.560. The molecule has 0 bridgehead atoms. The fraction of sp³-hybridized carbons (Fsp3) is 0. The number of fused-ring (bicyclic) bond motifs is 2. The van der Waals surface area contributed by atoms with Crippen molar-refractivity contribution in [3.8, 4) is 11.8 Å². The van der Waals surface area contributed by atoms with Gasteiger partial charge >= 0.3 is 0 Å². The molecule has 11 nitrogen and oxygen atoms in total. The molecule has 0 saturated heterocycles. The van der Waals surface area contributed by atoms with Crippen molar-refractivity contribution < 1.29 is 14.6 Å². The SMILES string of the molecule is O=[N+]([O-])c1cccc2[nH]nc(Oc3n[nH]c4cccc([N+](=O)[O-])c34)c12. The van der Waals surface area contributed by atoms with Crippen molar-refractivity contribution in [2.45, 2.75) is 0 Å². The van der Waals surface area contributed by atoms with E-state index < -0.39 is 9.85 Å². The van der Waals surface area contributed by atoms with Crippen LogP contribution in [0.3, 0.4) is 0 Å². The third-order valence-electron chi connectivity index (χ3n) is 3.66. The number of hydrogen-bond acceptors (Lipinski definition) is 7. The van der Waals surface area contributed by atoms with Crippen molar-refractivity contribution >= 4 is 33.2 Å². The topological polar surface area (TPSA) is 153 Å². The number of nitrogens with zero attached hydrogens (tertiary/aromatic N) is 4. The highest BCUT2D eigenvalue weighted by Crippen LogP contribution is 2.38. The van der Waals surface area contributed by atoms with Gasteiger partial charge in [-0.25, -0.2) is 0 Å². The van der Waals surface area contributed by atoms with E-state index in [0.717, 1.165) is 0 Å². The number of H-pyrrole nitrogens is 2. The van der Waals surface area contributed by atoms with Crippen LogP contribution in [-0.2, 0) is 0 Å². The standard InChI is InChI=1S/C14H8N6O5/c21-19(22)9-5-1-3-7-11(9)13(17-15-7)25-14-12-8(16-18-14)4-2-6-10(12)20(23)24/h1-6H,(H,15,17)(H,16,18). The van der Waals surface area contributed by atoms with E-state index in [9.17, 15) is 20.2 Å². The molecular weight excluding hydrogens is 332 g/mol. The molecule has 0 aliphatic heterocycles. The lowest BCUT2D eigenvalue weighted by atomic mass is 10.2. The van der Waals surface area contributed by atoms with Crippen molar-refractivity contribution in [1.29, 1.82) is 0 Å². The summed E-state index contributed by atoms with van der Waals surface area (Å²) in [7, 11) is 0. The Morgan fingerprint density at radius 2 is 1.24 bits per heavy atom. The molecule has 2 N–H and O–H groups in total. The fourth-order valence-corrected chi connectivity index (χ4v) is 2.59. The van der Waals surface area contributed by atoms with Crippen LogP contribution in [0.4, 0.5) is 11.4 Å². The molecule has 0 saturated carbocycles. The van der Waals surface area contributed by atoms with Crippen LogP contribution < -0.4 is 4.74 Å². The first-order valence-corrected chi connectivity index (χ1v) is 6.97. The van der Waals surface area contributed by atoms with Crippen LogP contribution in [-0.4, -0.2) is 30.2 Å². The monoisotopic (exact) mass is 340 g/mol. The van der Waals surface area contributed by atoms with Crippen molar-refractivity contribution in [2.75, 3.05) is 0 Å². The number of ether oxygens (including phenoxy) is 1. The van der Waals surface area contributed by atoms with Crippen LogP contribution >= 0.6 is 0 Å². The zero-order valence-corrected chi connectivity index (χ0v) is 12.3. The first-order chi connectivity index (χ1) is 12.1. The van der Waals surface area contributed by atoms with E-state index in [0.29, 0.717) is 11.0 Å². The molecule has 0 aliphatic rings. The summed E-state index contributed by atoms with van der Waals surface area (Å²) in [6.07, 6.45) is 0. The summed E-state index contributed by atoms with van der Waals surface area (Å²) in [5.41, 5.74) is 0.406. The third kappa shape index (κ3) is 2.22. The van der Waals surface area contributed by atoms with E-state index in [1.54, 1.807) is 12.1 Å². The molecule has 25 heavy (non-hydrogen) atoms. The van der Waals surface area contributed by atoms with Crippen molar-refractivity contribution in [3.63, 3.8) is 0 Å². The highest BCUT2D eigenvalue weighted by molar-refractivity contribution is 5.95. The molecule has 0 fully saturated rings. The molecule has 0 aliphatic carbocycles. The molecule has 0 amide bonds. The van der Waals surface area contributed by atoms with Crippen molar-refractivity contribution in [2.24, 2.45) is 0 Å². The predicted molar refractivity (Wildman–Crippen MR) is 85.6 cm³/mol. The Labute approximate surface area is 137 Å². The molecule has 2 heterocycles. The summed E-state index contributed by atoms with van der Waals surface area (Å²) in [6.45, 7) is 0. The van der Waals surface area contributed by atoms with E-state index >= 15 is 0 Å². The van der Waals surface area contributed by atoms with Crippen LogP contribution in [0.25, 0.3) is 21.8 Å². The lowest BCUT2D eigenvalue weighted by Crippen LogP contribution is -1.92. The minimum Gasteiger partial charge on any atom is -0.416 e. The second-order valence-electron chi connectivity index (χ2n) is 5.07. The Morgan fingerprint density at radius 3 is 1.64 bits per heavy atom. The zero-order chi connectivity index (χ0) is 17.6. The van der Waals surface area contributed by atoms with Gasteiger partial charge in [0.2, 0.25) is 0 Å². The van der Waals surface area contributed by atoms with Gasteiger partial charge in [-0.2, -0.15) is 0 Å². The molecule has 4 aromatic rings. The van der Waals surface area contributed by atoms with Crippen LogP contribution in [0.2, 0.25) is 0 Å². The summed E-state index contributed by atoms with van der Waals surface area (Å²) in [6, 6.07) is 8.86. The second kappa shape index (κ2) is 5.26. The van der Waals surface area contributed by atoms with Gasteiger partial charge in [0.15, 0.2) is 0 Å². The maximum Gasteiger partial charge on any atom is 0.284 e. The van der Waals surface area contributed by atoms with E-state index in [1.165, 1.54) is 24.3 Å². The second-order valence-corrected chi connectivity index (χ2v) is 5.07. The summed E-state index contributed by atoms with van der Waals surface area (Å²) in [4.78, 5) is 21.3. The summed E-state index contributed by atoms with van der Waals surface area (Å²) < 4.78 is 5.57. The minimum absolute atomic E-state index is 0.0890. The molecule has 4 rings (SSSR count). The molecule has 0 atom stereocenters. The highest BCUT2D eigenvalue weighted by Gasteiger charge is 2.24. The summed E-state index contributed by atoms with van der Waals surface area (Å²) in [5.74, 6) is -0.178. The van der Waals surface area contributed by atoms with Crippen molar-refractivity contribution in [3.05, 3.63) is 56.6 Å². The van der Waals surface area contributed by atoms with Crippen LogP contribution in [0, 0.1) is 20.2 Å². The largest absolute Gasteiger partial charge is 0.416 e. The van der Waals surface area contributed by atoms with E-state index in [4.69, 9.17) is 4.74 Å². The van der Waals surface area contributed by atoms with Crippen molar-refractivity contribution in [1.82, 2.24) is 20.4 Å². The predicted octanol–water partition coefficient (Wildman–Crippen LogP) is 3.05. The normalized spacial score (nSPS) is 11.0. The number of aromatic amines is 2. The van der Waals surface area contributed by atoms with Gasteiger partial charge in [0.1, 0.15) is 10.8 Å². The molecular formula is C14H8N6O5. The van der Waals surface area contributed by atoms with E-state index in [2.05, 4.69) is 20.4 Å². The average Bonchev–Trinajstić information content (AvgIpc) is 3.19. The molecule has 2 aromatic carbocycles. The zero-order valence-electron chi connectivity index (χ0n) is 12.3. The number of nitro groups is 2. The highest BCUT2D eigenvalue weighted by atomic mass is 16.6. The number of benzene rings is 2. The third-order valence-corrected chi connectivity index (χ3v) is 3.66. The Morgan fingerprint density at radius 1 is 0.800 bits per heavy atom. The molecule has 0 unspecified atom stereocenters. The van der Waals surface area contributed by atoms with E-state index in [1.807, 2.05) is 0 Å². The van der Waals surface area contributed by atoms with Gasteiger partial charge in [0, 0.05) is 12.1 Å². The average molecular weight is 340 g/mol. The van der Waals surface area contributed by atoms with Crippen LogP contribution in [0.15, 0.2) is 36.4 Å². The number of aromatic nitrogens is 4. The quantitative estimate of drug-likeness (QED) is 0.427. The maximum absolute atomic E-state index is 11.2. The first kappa shape index (κ1) is 14.6. The number of hydrogen-bond donors (Lipinski definition) is 2. The maximum atomic E-state index is 11.2. The Hall–Kier alpha value is -4.02.